The van der Waals surface area contributed by atoms with E-state index in [0.717, 1.165) is 0 Å². The van der Waals surface area contributed by atoms with Crippen LogP contribution >= 0.6 is 0 Å². The molecule has 0 radical (unpaired) electrons. The van der Waals surface area contributed by atoms with Crippen molar-refractivity contribution in [2.24, 2.45) is 5.73 Å². The van der Waals surface area contributed by atoms with E-state index in [0.29, 0.717) is 5.01 Å². The Labute approximate surface area is 80.0 Å². The van der Waals surface area contributed by atoms with Crippen molar-refractivity contribution in [3.63, 3.8) is 0 Å². The minimum Gasteiger partial charge on any atom is -0.322 e. The lowest BCUT2D eigenvalue weighted by atomic mass is 10.3. The summed E-state index contributed by atoms with van der Waals surface area (Å²) in [5, 5.41) is 10.2. The Balaban J connectivity index is 3.01. The molecule has 0 saturated carbocycles. The topological polar surface area (TPSA) is 89.5 Å². The Bertz CT molecular complexity index is 339. The fraction of sp³-hybridized carbons (Fsp3) is 0.125. The first-order chi connectivity index (χ1) is 6.66. The zero-order valence-electron chi connectivity index (χ0n) is 7.29. The van der Waals surface area contributed by atoms with Gasteiger partial charge in [-0.15, -0.1) is 0 Å². The van der Waals surface area contributed by atoms with Gasteiger partial charge in [0.1, 0.15) is 5.69 Å². The van der Waals surface area contributed by atoms with Gasteiger partial charge in [0.2, 0.25) is 0 Å². The second kappa shape index (κ2) is 4.33. The first-order valence-electron chi connectivity index (χ1n) is 3.89. The molecule has 0 bridgehead atoms. The zero-order valence-corrected chi connectivity index (χ0v) is 7.29. The number of hydrazine groups is 1. The molecule has 1 amide bonds. The molecular weight excluding hydrogens is 186 g/mol. The number of nitrogens with two attached hydrogens (primary N) is 1. The number of benzene rings is 1. The summed E-state index contributed by atoms with van der Waals surface area (Å²) in [4.78, 5) is 21.7. The molecule has 0 spiro atoms. The number of anilines is 1. The van der Waals surface area contributed by atoms with Crippen LogP contribution < -0.4 is 10.7 Å². The van der Waals surface area contributed by atoms with E-state index in [2.05, 4.69) is 0 Å². The van der Waals surface area contributed by atoms with Crippen molar-refractivity contribution >= 4 is 11.6 Å². The van der Waals surface area contributed by atoms with Gasteiger partial charge in [0, 0.05) is 0 Å². The van der Waals surface area contributed by atoms with Gasteiger partial charge >= 0.3 is 5.91 Å². The molecule has 0 aliphatic heterocycles. The predicted molar refractivity (Wildman–Crippen MR) is 50.0 cm³/mol. The average Bonchev–Trinajstić information content (AvgIpc) is 2.19. The fourth-order valence-corrected chi connectivity index (χ4v) is 0.985. The molecule has 0 unspecified atom stereocenters. The summed E-state index contributed by atoms with van der Waals surface area (Å²) in [6, 6.07) is 7.85. The van der Waals surface area contributed by atoms with Gasteiger partial charge in [-0.25, -0.2) is 10.1 Å². The van der Waals surface area contributed by atoms with Crippen molar-refractivity contribution in [1.29, 1.82) is 0 Å². The molecule has 74 valence electrons. The third kappa shape index (κ3) is 2.05. The van der Waals surface area contributed by atoms with Gasteiger partial charge < -0.3 is 5.73 Å². The third-order valence-corrected chi connectivity index (χ3v) is 1.57. The second-order valence-electron chi connectivity index (χ2n) is 2.48. The van der Waals surface area contributed by atoms with E-state index in [1.54, 1.807) is 18.2 Å². The number of nitrogens with zero attached hydrogens (tertiary/aromatic N) is 2. The summed E-state index contributed by atoms with van der Waals surface area (Å²) in [6.07, 6.45) is 0. The van der Waals surface area contributed by atoms with Gasteiger partial charge in [-0.05, 0) is 17.1 Å². The van der Waals surface area contributed by atoms with Crippen molar-refractivity contribution < 1.29 is 9.83 Å². The van der Waals surface area contributed by atoms with Crippen LogP contribution in [-0.4, -0.2) is 17.5 Å². The highest BCUT2D eigenvalue weighted by Gasteiger charge is 2.24. The molecule has 0 aliphatic carbocycles. The molecule has 1 rings (SSSR count). The summed E-state index contributed by atoms with van der Waals surface area (Å²) in [5.74, 6) is -0.749. The Kier molecular flexibility index (Phi) is 3.14. The number of hydrogen-bond acceptors (Lipinski definition) is 4. The number of nitro groups is 1. The quantitative estimate of drug-likeness (QED) is 0.549. The van der Waals surface area contributed by atoms with E-state index in [4.69, 9.17) is 5.73 Å². The molecule has 0 heterocycles. The lowest BCUT2D eigenvalue weighted by Gasteiger charge is -2.10. The molecule has 14 heavy (non-hydrogen) atoms. The molecule has 0 saturated heterocycles. The molecule has 6 nitrogen and oxygen atoms in total. The largest absolute Gasteiger partial charge is 0.322 e. The Morgan fingerprint density at radius 3 is 2.43 bits per heavy atom. The average molecular weight is 195 g/mol. The molecule has 2 N–H and O–H groups in total. The number of hydrogen-bond donors (Lipinski definition) is 1. The van der Waals surface area contributed by atoms with Gasteiger partial charge in [0.05, 0.1) is 6.54 Å². The molecule has 0 aromatic heterocycles. The number of carbonyl (C=O) groups is 1. The Hall–Kier alpha value is -1.95. The summed E-state index contributed by atoms with van der Waals surface area (Å²) >= 11 is 0. The number of carbonyl (C=O) groups excluding carboxylic acids is 1. The van der Waals surface area contributed by atoms with Gasteiger partial charge in [0.15, 0.2) is 5.03 Å². The van der Waals surface area contributed by atoms with Crippen LogP contribution in [0.1, 0.15) is 0 Å². The lowest BCUT2D eigenvalue weighted by molar-refractivity contribution is -0.483. The van der Waals surface area contributed by atoms with Crippen LogP contribution in [-0.2, 0) is 4.79 Å². The van der Waals surface area contributed by atoms with Gasteiger partial charge in [-0.1, -0.05) is 18.2 Å². The summed E-state index contributed by atoms with van der Waals surface area (Å²) in [5.41, 5.74) is 5.25. The van der Waals surface area contributed by atoms with Crippen molar-refractivity contribution in [2.45, 2.75) is 0 Å². The van der Waals surface area contributed by atoms with E-state index in [1.807, 2.05) is 0 Å². The van der Waals surface area contributed by atoms with Crippen LogP contribution in [0.5, 0.6) is 0 Å². The Morgan fingerprint density at radius 2 is 2.00 bits per heavy atom. The fourth-order valence-electron chi connectivity index (χ4n) is 0.985. The van der Waals surface area contributed by atoms with Gasteiger partial charge in [-0.3, -0.25) is 4.79 Å². The zero-order chi connectivity index (χ0) is 10.6. The highest BCUT2D eigenvalue weighted by Crippen LogP contribution is 2.12. The van der Waals surface area contributed by atoms with Crippen LogP contribution in [0, 0.1) is 10.1 Å². The third-order valence-electron chi connectivity index (χ3n) is 1.57. The highest BCUT2D eigenvalue weighted by atomic mass is 16.7. The maximum atomic E-state index is 11.1. The van der Waals surface area contributed by atoms with Crippen LogP contribution in [0.2, 0.25) is 0 Å². The molecular formula is C8H9N3O3. The van der Waals surface area contributed by atoms with E-state index in [9.17, 15) is 14.9 Å². The van der Waals surface area contributed by atoms with Crippen LogP contribution in [0.4, 0.5) is 5.69 Å². The summed E-state index contributed by atoms with van der Waals surface area (Å²) in [6.45, 7) is -0.393. The van der Waals surface area contributed by atoms with E-state index in [1.165, 1.54) is 12.1 Å². The van der Waals surface area contributed by atoms with Crippen LogP contribution in [0.3, 0.4) is 0 Å². The molecule has 1 aromatic carbocycles. The van der Waals surface area contributed by atoms with Crippen molar-refractivity contribution in [3.05, 3.63) is 40.4 Å². The normalized spacial score (nSPS) is 9.50. The maximum Gasteiger partial charge on any atom is 0.302 e. The minimum absolute atomic E-state index is 0.202. The van der Waals surface area contributed by atoms with E-state index in [-0.39, 0.29) is 5.69 Å². The smallest absolute Gasteiger partial charge is 0.302 e. The van der Waals surface area contributed by atoms with E-state index < -0.39 is 17.5 Å². The van der Waals surface area contributed by atoms with Crippen LogP contribution in [0.15, 0.2) is 30.3 Å². The lowest BCUT2D eigenvalue weighted by Crippen LogP contribution is -2.40. The first kappa shape index (κ1) is 10.1. The first-order valence-corrected chi connectivity index (χ1v) is 3.89. The number of rotatable bonds is 3. The standard InChI is InChI=1S/C8H9N3O3/c9-6-8(12)10(11(13)14)7-4-2-1-3-5-7/h1-5H,6,9H2. The SMILES string of the molecule is NCC(=O)N(c1ccccc1)[N+](=O)[O-]. The Morgan fingerprint density at radius 1 is 1.43 bits per heavy atom. The molecule has 0 fully saturated rings. The number of amides is 1. The molecule has 6 heteroatoms. The molecule has 0 atom stereocenters. The highest BCUT2D eigenvalue weighted by molar-refractivity contribution is 5.92. The van der Waals surface area contributed by atoms with Gasteiger partial charge in [0.25, 0.3) is 0 Å². The summed E-state index contributed by atoms with van der Waals surface area (Å²) in [7, 11) is 0. The summed E-state index contributed by atoms with van der Waals surface area (Å²) < 4.78 is 0. The van der Waals surface area contributed by atoms with Crippen molar-refractivity contribution in [1.82, 2.24) is 0 Å². The van der Waals surface area contributed by atoms with Crippen LogP contribution in [0.25, 0.3) is 0 Å². The van der Waals surface area contributed by atoms with E-state index >= 15 is 0 Å². The molecule has 1 aromatic rings. The van der Waals surface area contributed by atoms with Crippen molar-refractivity contribution in [2.75, 3.05) is 11.6 Å². The minimum atomic E-state index is -0.787. The molecule has 0 aliphatic rings. The predicted octanol–water partition coefficient (Wildman–Crippen LogP) is 0.170. The van der Waals surface area contributed by atoms with Gasteiger partial charge in [-0.2, -0.15) is 0 Å². The number of para-hydroxylation sites is 1. The van der Waals surface area contributed by atoms with Crippen molar-refractivity contribution in [3.8, 4) is 0 Å². The second-order valence-corrected chi connectivity index (χ2v) is 2.48. The maximum absolute atomic E-state index is 11.1. The monoisotopic (exact) mass is 195 g/mol.